The summed E-state index contributed by atoms with van der Waals surface area (Å²) in [6.45, 7) is 11.4. The number of hydrogen-bond acceptors (Lipinski definition) is 3. The summed E-state index contributed by atoms with van der Waals surface area (Å²) in [6.07, 6.45) is 1.90. The first-order chi connectivity index (χ1) is 7.60. The molecule has 88 valence electrons. The van der Waals surface area contributed by atoms with Crippen LogP contribution in [0.4, 0.5) is 5.82 Å². The van der Waals surface area contributed by atoms with Crippen LogP contribution in [0.2, 0.25) is 0 Å². The standard InChI is InChI=1S/C13H21N3/c1-5-8-16(10(2)3)13-7-6-12(9-14)11(4)15-13/h5-7,10H,1,8-9,14H2,2-4H3. The minimum atomic E-state index is 0.411. The van der Waals surface area contributed by atoms with E-state index in [1.807, 2.05) is 19.1 Å². The summed E-state index contributed by atoms with van der Waals surface area (Å²) >= 11 is 0. The van der Waals surface area contributed by atoms with Gasteiger partial charge >= 0.3 is 0 Å². The lowest BCUT2D eigenvalue weighted by molar-refractivity contribution is 0.710. The Morgan fingerprint density at radius 1 is 1.50 bits per heavy atom. The largest absolute Gasteiger partial charge is 0.350 e. The molecular weight excluding hydrogens is 198 g/mol. The van der Waals surface area contributed by atoms with Crippen molar-refractivity contribution in [3.63, 3.8) is 0 Å². The molecule has 3 heteroatoms. The Morgan fingerprint density at radius 3 is 2.62 bits per heavy atom. The third kappa shape index (κ3) is 2.83. The van der Waals surface area contributed by atoms with E-state index in [4.69, 9.17) is 5.73 Å². The average Bonchev–Trinajstić information content (AvgIpc) is 2.25. The van der Waals surface area contributed by atoms with Crippen LogP contribution in [0.3, 0.4) is 0 Å². The van der Waals surface area contributed by atoms with Crippen molar-refractivity contribution in [2.45, 2.75) is 33.4 Å². The predicted molar refractivity (Wildman–Crippen MR) is 69.5 cm³/mol. The van der Waals surface area contributed by atoms with Crippen LogP contribution in [0.15, 0.2) is 24.8 Å². The predicted octanol–water partition coefficient (Wildman–Crippen LogP) is 2.25. The van der Waals surface area contributed by atoms with Gasteiger partial charge in [-0.15, -0.1) is 6.58 Å². The monoisotopic (exact) mass is 219 g/mol. The third-order valence-electron chi connectivity index (χ3n) is 2.64. The van der Waals surface area contributed by atoms with Crippen molar-refractivity contribution in [3.05, 3.63) is 36.0 Å². The summed E-state index contributed by atoms with van der Waals surface area (Å²) < 4.78 is 0. The van der Waals surface area contributed by atoms with Gasteiger partial charge in [-0.05, 0) is 32.4 Å². The number of hydrogen-bond donors (Lipinski definition) is 1. The molecule has 0 aliphatic carbocycles. The Hall–Kier alpha value is -1.35. The number of anilines is 1. The minimum absolute atomic E-state index is 0.411. The molecular formula is C13H21N3. The van der Waals surface area contributed by atoms with E-state index >= 15 is 0 Å². The maximum absolute atomic E-state index is 5.63. The van der Waals surface area contributed by atoms with Gasteiger partial charge in [-0.1, -0.05) is 12.1 Å². The van der Waals surface area contributed by atoms with Gasteiger partial charge in [0.2, 0.25) is 0 Å². The second-order valence-electron chi connectivity index (χ2n) is 4.15. The molecule has 1 aromatic heterocycles. The SMILES string of the molecule is C=CCN(c1ccc(CN)c(C)n1)C(C)C. The molecule has 0 atom stereocenters. The van der Waals surface area contributed by atoms with Gasteiger partial charge in [-0.2, -0.15) is 0 Å². The third-order valence-corrected chi connectivity index (χ3v) is 2.64. The first kappa shape index (κ1) is 12.7. The Labute approximate surface area is 98.0 Å². The number of nitrogens with zero attached hydrogens (tertiary/aromatic N) is 2. The number of pyridine rings is 1. The smallest absolute Gasteiger partial charge is 0.129 e. The molecule has 0 unspecified atom stereocenters. The molecule has 0 spiro atoms. The fourth-order valence-electron chi connectivity index (χ4n) is 1.66. The fourth-order valence-corrected chi connectivity index (χ4v) is 1.66. The topological polar surface area (TPSA) is 42.1 Å². The van der Waals surface area contributed by atoms with Crippen LogP contribution >= 0.6 is 0 Å². The van der Waals surface area contributed by atoms with Gasteiger partial charge in [0, 0.05) is 24.8 Å². The molecule has 16 heavy (non-hydrogen) atoms. The first-order valence-electron chi connectivity index (χ1n) is 5.64. The van der Waals surface area contributed by atoms with Crippen LogP contribution in [0.25, 0.3) is 0 Å². The van der Waals surface area contributed by atoms with Crippen molar-refractivity contribution in [1.82, 2.24) is 4.98 Å². The molecule has 0 radical (unpaired) electrons. The molecule has 1 aromatic rings. The maximum atomic E-state index is 5.63. The molecule has 0 aromatic carbocycles. The molecule has 1 rings (SSSR count). The van der Waals surface area contributed by atoms with Crippen LogP contribution < -0.4 is 10.6 Å². The zero-order valence-corrected chi connectivity index (χ0v) is 10.4. The average molecular weight is 219 g/mol. The van der Waals surface area contributed by atoms with E-state index in [1.54, 1.807) is 0 Å². The van der Waals surface area contributed by atoms with E-state index < -0.39 is 0 Å². The molecule has 1 heterocycles. The molecule has 3 nitrogen and oxygen atoms in total. The van der Waals surface area contributed by atoms with Gasteiger partial charge < -0.3 is 10.6 Å². The second-order valence-corrected chi connectivity index (χ2v) is 4.15. The lowest BCUT2D eigenvalue weighted by atomic mass is 10.2. The van der Waals surface area contributed by atoms with Crippen LogP contribution in [-0.4, -0.2) is 17.6 Å². The van der Waals surface area contributed by atoms with E-state index in [2.05, 4.69) is 36.4 Å². The van der Waals surface area contributed by atoms with Gasteiger partial charge in [0.15, 0.2) is 0 Å². The Bertz CT molecular complexity index is 358. The van der Waals surface area contributed by atoms with E-state index in [-0.39, 0.29) is 0 Å². The Morgan fingerprint density at radius 2 is 2.19 bits per heavy atom. The van der Waals surface area contributed by atoms with Gasteiger partial charge in [0.25, 0.3) is 0 Å². The molecule has 0 aliphatic heterocycles. The Kier molecular flexibility index (Phi) is 4.50. The zero-order valence-electron chi connectivity index (χ0n) is 10.4. The summed E-state index contributed by atoms with van der Waals surface area (Å²) in [7, 11) is 0. The van der Waals surface area contributed by atoms with Crippen LogP contribution in [0, 0.1) is 6.92 Å². The van der Waals surface area contributed by atoms with Crippen LogP contribution in [0.1, 0.15) is 25.1 Å². The first-order valence-corrected chi connectivity index (χ1v) is 5.64. The molecule has 0 fully saturated rings. The fraction of sp³-hybridized carbons (Fsp3) is 0.462. The second kappa shape index (κ2) is 5.66. The zero-order chi connectivity index (χ0) is 12.1. The summed E-state index contributed by atoms with van der Waals surface area (Å²) in [5.41, 5.74) is 7.74. The van der Waals surface area contributed by atoms with Crippen molar-refractivity contribution in [3.8, 4) is 0 Å². The van der Waals surface area contributed by atoms with E-state index in [0.717, 1.165) is 23.6 Å². The van der Waals surface area contributed by atoms with Crippen molar-refractivity contribution in [2.24, 2.45) is 5.73 Å². The highest BCUT2D eigenvalue weighted by atomic mass is 15.2. The summed E-state index contributed by atoms with van der Waals surface area (Å²) in [4.78, 5) is 6.79. The normalized spacial score (nSPS) is 10.6. The quantitative estimate of drug-likeness (QED) is 0.772. The lowest BCUT2D eigenvalue weighted by Crippen LogP contribution is -2.31. The van der Waals surface area contributed by atoms with Crippen molar-refractivity contribution in [2.75, 3.05) is 11.4 Å². The number of nitrogens with two attached hydrogens (primary N) is 1. The molecule has 0 amide bonds. The summed E-state index contributed by atoms with van der Waals surface area (Å²) in [5.74, 6) is 0.990. The molecule has 2 N–H and O–H groups in total. The summed E-state index contributed by atoms with van der Waals surface area (Å²) in [5, 5.41) is 0. The molecule has 0 aliphatic rings. The van der Waals surface area contributed by atoms with Crippen molar-refractivity contribution in [1.29, 1.82) is 0 Å². The highest BCUT2D eigenvalue weighted by molar-refractivity contribution is 5.43. The van der Waals surface area contributed by atoms with Crippen LogP contribution in [0.5, 0.6) is 0 Å². The van der Waals surface area contributed by atoms with Crippen molar-refractivity contribution >= 4 is 5.82 Å². The van der Waals surface area contributed by atoms with Gasteiger partial charge in [-0.3, -0.25) is 0 Å². The van der Waals surface area contributed by atoms with Crippen LogP contribution in [-0.2, 0) is 6.54 Å². The molecule has 0 bridgehead atoms. The maximum Gasteiger partial charge on any atom is 0.129 e. The van der Waals surface area contributed by atoms with E-state index in [0.29, 0.717) is 12.6 Å². The van der Waals surface area contributed by atoms with Gasteiger partial charge in [0.05, 0.1) is 0 Å². The van der Waals surface area contributed by atoms with Crippen molar-refractivity contribution < 1.29 is 0 Å². The summed E-state index contributed by atoms with van der Waals surface area (Å²) in [6, 6.07) is 4.49. The van der Waals surface area contributed by atoms with Gasteiger partial charge in [-0.25, -0.2) is 4.98 Å². The molecule has 0 saturated carbocycles. The number of rotatable bonds is 5. The molecule has 0 saturated heterocycles. The minimum Gasteiger partial charge on any atom is -0.350 e. The van der Waals surface area contributed by atoms with E-state index in [9.17, 15) is 0 Å². The highest BCUT2D eigenvalue weighted by Crippen LogP contribution is 2.16. The van der Waals surface area contributed by atoms with Gasteiger partial charge in [0.1, 0.15) is 5.82 Å². The number of aryl methyl sites for hydroxylation is 1. The Balaban J connectivity index is 3.01. The number of aromatic nitrogens is 1. The lowest BCUT2D eigenvalue weighted by Gasteiger charge is -2.27. The highest BCUT2D eigenvalue weighted by Gasteiger charge is 2.11. The van der Waals surface area contributed by atoms with E-state index in [1.165, 1.54) is 0 Å².